The molecule has 0 aliphatic rings. The third-order valence-corrected chi connectivity index (χ3v) is 6.16. The van der Waals surface area contributed by atoms with E-state index >= 15 is 0 Å². The average Bonchev–Trinajstić information content (AvgIpc) is 2.67. The number of aromatic amines is 1. The van der Waals surface area contributed by atoms with Crippen LogP contribution >= 0.6 is 0 Å². The van der Waals surface area contributed by atoms with Crippen LogP contribution in [0.2, 0.25) is 0 Å². The third-order valence-electron chi connectivity index (χ3n) is 4.43. The van der Waals surface area contributed by atoms with E-state index in [0.717, 1.165) is 23.8 Å². The van der Waals surface area contributed by atoms with E-state index < -0.39 is 15.7 Å². The summed E-state index contributed by atoms with van der Waals surface area (Å²) in [5.41, 5.74) is 1.94. The topological polar surface area (TPSA) is 96.1 Å². The van der Waals surface area contributed by atoms with Gasteiger partial charge in [-0.25, -0.2) is 8.42 Å². The van der Waals surface area contributed by atoms with Gasteiger partial charge in [0.25, 0.3) is 0 Å². The Balaban J connectivity index is 1.72. The number of nitrogens with one attached hydrogen (secondary N) is 2. The lowest BCUT2D eigenvalue weighted by molar-refractivity contribution is -0.115. The molecule has 0 saturated heterocycles. The lowest BCUT2D eigenvalue weighted by Gasteiger charge is -2.09. The number of amides is 1. The fraction of sp³-hybridized carbons (Fsp3) is 0.238. The first-order chi connectivity index (χ1) is 13.4. The molecule has 0 bridgehead atoms. The summed E-state index contributed by atoms with van der Waals surface area (Å²) in [6.45, 7) is 2.05. The number of aromatic nitrogens is 1. The van der Waals surface area contributed by atoms with Crippen LogP contribution in [0.1, 0.15) is 25.3 Å². The van der Waals surface area contributed by atoms with Crippen molar-refractivity contribution in [2.75, 3.05) is 11.1 Å². The molecular weight excluding hydrogens is 376 g/mol. The molecule has 0 atom stereocenters. The lowest BCUT2D eigenvalue weighted by Crippen LogP contribution is -2.17. The van der Waals surface area contributed by atoms with Crippen LogP contribution in [0.5, 0.6) is 0 Å². The number of fused-ring (bicyclic) bond motifs is 1. The number of benzene rings is 2. The van der Waals surface area contributed by atoms with Crippen molar-refractivity contribution in [1.82, 2.24) is 4.98 Å². The molecule has 0 saturated carbocycles. The number of aryl methyl sites for hydroxylation is 1. The normalized spacial score (nSPS) is 11.5. The van der Waals surface area contributed by atoms with Crippen molar-refractivity contribution < 1.29 is 13.2 Å². The second-order valence-corrected chi connectivity index (χ2v) is 8.71. The van der Waals surface area contributed by atoms with Crippen molar-refractivity contribution in [3.8, 4) is 0 Å². The van der Waals surface area contributed by atoms with Crippen LogP contribution < -0.4 is 10.9 Å². The van der Waals surface area contributed by atoms with Gasteiger partial charge in [-0.05, 0) is 36.2 Å². The molecule has 2 N–H and O–H groups in total. The number of pyridine rings is 1. The van der Waals surface area contributed by atoms with Crippen molar-refractivity contribution >= 4 is 32.3 Å². The van der Waals surface area contributed by atoms with Crippen molar-refractivity contribution in [1.29, 1.82) is 0 Å². The second-order valence-electron chi connectivity index (χ2n) is 6.60. The van der Waals surface area contributed by atoms with Gasteiger partial charge in [0.2, 0.25) is 11.5 Å². The molecule has 28 heavy (non-hydrogen) atoms. The van der Waals surface area contributed by atoms with Crippen LogP contribution in [0.25, 0.3) is 10.9 Å². The van der Waals surface area contributed by atoms with E-state index in [2.05, 4.69) is 10.3 Å². The van der Waals surface area contributed by atoms with Gasteiger partial charge in [0, 0.05) is 23.6 Å². The molecule has 3 aromatic rings. The number of rotatable bonds is 7. The summed E-state index contributed by atoms with van der Waals surface area (Å²) in [4.78, 5) is 27.0. The Labute approximate surface area is 163 Å². The first-order valence-corrected chi connectivity index (χ1v) is 10.8. The SMILES string of the molecule is CCCc1cc(=O)[nH]c2cc(NC(=O)CCS(=O)(=O)c3ccccc3)ccc12. The minimum Gasteiger partial charge on any atom is -0.326 e. The van der Waals surface area contributed by atoms with Crippen LogP contribution in [0.3, 0.4) is 0 Å². The number of carbonyl (C=O) groups is 1. The van der Waals surface area contributed by atoms with E-state index in [1.165, 1.54) is 12.1 Å². The lowest BCUT2D eigenvalue weighted by atomic mass is 10.0. The van der Waals surface area contributed by atoms with Crippen molar-refractivity contribution in [3.05, 3.63) is 70.5 Å². The molecule has 0 fully saturated rings. The summed E-state index contributed by atoms with van der Waals surface area (Å²) in [7, 11) is -3.51. The molecule has 0 spiro atoms. The Bertz CT molecular complexity index is 1150. The summed E-state index contributed by atoms with van der Waals surface area (Å²) < 4.78 is 24.6. The van der Waals surface area contributed by atoms with E-state index in [0.29, 0.717) is 11.2 Å². The van der Waals surface area contributed by atoms with Crippen LogP contribution in [-0.2, 0) is 21.1 Å². The Hall–Kier alpha value is -2.93. The molecule has 146 valence electrons. The van der Waals surface area contributed by atoms with Gasteiger partial charge in [-0.3, -0.25) is 9.59 Å². The van der Waals surface area contributed by atoms with Gasteiger partial charge in [0.1, 0.15) is 0 Å². The van der Waals surface area contributed by atoms with Crippen LogP contribution in [0.4, 0.5) is 5.69 Å². The number of carbonyl (C=O) groups excluding carboxylic acids is 1. The molecule has 0 radical (unpaired) electrons. The van der Waals surface area contributed by atoms with Gasteiger partial charge >= 0.3 is 0 Å². The van der Waals surface area contributed by atoms with E-state index in [-0.39, 0.29) is 22.6 Å². The molecule has 3 rings (SSSR count). The molecule has 0 unspecified atom stereocenters. The Morgan fingerprint density at radius 3 is 2.54 bits per heavy atom. The van der Waals surface area contributed by atoms with Crippen LogP contribution in [0, 0.1) is 0 Å². The zero-order valence-corrected chi connectivity index (χ0v) is 16.4. The van der Waals surface area contributed by atoms with Gasteiger partial charge in [0.15, 0.2) is 9.84 Å². The molecule has 7 heteroatoms. The van der Waals surface area contributed by atoms with E-state index in [1.807, 2.05) is 13.0 Å². The standard InChI is InChI=1S/C21H22N2O4S/c1-2-6-15-13-21(25)23-19-14-16(9-10-18(15)19)22-20(24)11-12-28(26,27)17-7-4-3-5-8-17/h3-5,7-10,13-14H,2,6,11-12H2,1H3,(H,22,24)(H,23,25). The van der Waals surface area contributed by atoms with E-state index in [1.54, 1.807) is 36.4 Å². The minimum absolute atomic E-state index is 0.151. The fourth-order valence-electron chi connectivity index (χ4n) is 3.08. The Kier molecular flexibility index (Phi) is 5.94. The maximum atomic E-state index is 12.3. The summed E-state index contributed by atoms with van der Waals surface area (Å²) in [5, 5.41) is 3.64. The third kappa shape index (κ3) is 4.67. The molecule has 0 aliphatic carbocycles. The van der Waals surface area contributed by atoms with Gasteiger partial charge in [0.05, 0.1) is 16.2 Å². The summed E-state index contributed by atoms with van der Waals surface area (Å²) >= 11 is 0. The minimum atomic E-state index is -3.51. The van der Waals surface area contributed by atoms with Crippen LogP contribution in [-0.4, -0.2) is 25.1 Å². The van der Waals surface area contributed by atoms with Crippen molar-refractivity contribution in [3.63, 3.8) is 0 Å². The van der Waals surface area contributed by atoms with Crippen LogP contribution in [0.15, 0.2) is 64.3 Å². The Morgan fingerprint density at radius 2 is 1.82 bits per heavy atom. The largest absolute Gasteiger partial charge is 0.326 e. The van der Waals surface area contributed by atoms with Crippen molar-refractivity contribution in [2.24, 2.45) is 0 Å². The number of hydrogen-bond donors (Lipinski definition) is 2. The smallest absolute Gasteiger partial charge is 0.248 e. The first-order valence-electron chi connectivity index (χ1n) is 9.12. The summed E-state index contributed by atoms with van der Waals surface area (Å²) in [6.07, 6.45) is 1.57. The van der Waals surface area contributed by atoms with Gasteiger partial charge in [-0.2, -0.15) is 0 Å². The maximum absolute atomic E-state index is 12.3. The monoisotopic (exact) mass is 398 g/mol. The van der Waals surface area contributed by atoms with Crippen molar-refractivity contribution in [2.45, 2.75) is 31.1 Å². The average molecular weight is 398 g/mol. The van der Waals surface area contributed by atoms with Gasteiger partial charge in [-0.15, -0.1) is 0 Å². The van der Waals surface area contributed by atoms with E-state index in [4.69, 9.17) is 0 Å². The predicted molar refractivity (Wildman–Crippen MR) is 110 cm³/mol. The molecule has 1 heterocycles. The molecular formula is C21H22N2O4S. The zero-order chi connectivity index (χ0) is 20.1. The summed E-state index contributed by atoms with van der Waals surface area (Å²) in [5.74, 6) is -0.667. The molecule has 1 amide bonds. The van der Waals surface area contributed by atoms with Gasteiger partial charge < -0.3 is 10.3 Å². The fourth-order valence-corrected chi connectivity index (χ4v) is 4.34. The van der Waals surface area contributed by atoms with E-state index in [9.17, 15) is 18.0 Å². The first kappa shape index (κ1) is 19.8. The number of H-pyrrole nitrogens is 1. The molecule has 6 nitrogen and oxygen atoms in total. The Morgan fingerprint density at radius 1 is 1.07 bits per heavy atom. The van der Waals surface area contributed by atoms with Gasteiger partial charge in [-0.1, -0.05) is 37.6 Å². The number of anilines is 1. The molecule has 1 aromatic heterocycles. The predicted octanol–water partition coefficient (Wildman–Crippen LogP) is 3.28. The highest BCUT2D eigenvalue weighted by molar-refractivity contribution is 7.91. The number of hydrogen-bond acceptors (Lipinski definition) is 4. The quantitative estimate of drug-likeness (QED) is 0.638. The highest BCUT2D eigenvalue weighted by atomic mass is 32.2. The second kappa shape index (κ2) is 8.39. The highest BCUT2D eigenvalue weighted by Crippen LogP contribution is 2.21. The molecule has 2 aromatic carbocycles. The maximum Gasteiger partial charge on any atom is 0.248 e. The summed E-state index contributed by atoms with van der Waals surface area (Å²) in [6, 6.07) is 15.0. The molecule has 0 aliphatic heterocycles. The zero-order valence-electron chi connectivity index (χ0n) is 15.6. The highest BCUT2D eigenvalue weighted by Gasteiger charge is 2.16. The number of sulfone groups is 1.